The van der Waals surface area contributed by atoms with Gasteiger partial charge in [0, 0.05) is 26.2 Å². The Morgan fingerprint density at radius 3 is 2.56 bits per heavy atom. The van der Waals surface area contributed by atoms with Crippen molar-refractivity contribution < 1.29 is 4.79 Å². The number of rotatable bonds is 3. The van der Waals surface area contributed by atoms with Gasteiger partial charge in [-0.15, -0.1) is 0 Å². The molecule has 0 aliphatic carbocycles. The van der Waals surface area contributed by atoms with E-state index in [-0.39, 0.29) is 5.92 Å². The third kappa shape index (κ3) is 3.69. The highest BCUT2D eigenvalue weighted by Crippen LogP contribution is 2.21. The molecule has 2 heterocycles. The normalized spacial score (nSPS) is 26.6. The molecule has 4 nitrogen and oxygen atoms in total. The highest BCUT2D eigenvalue weighted by molar-refractivity contribution is 5.79. The summed E-state index contributed by atoms with van der Waals surface area (Å²) >= 11 is 0. The van der Waals surface area contributed by atoms with E-state index >= 15 is 0 Å². The molecule has 0 radical (unpaired) electrons. The Bertz CT molecular complexity index is 266. The zero-order valence-corrected chi connectivity index (χ0v) is 11.8. The van der Waals surface area contributed by atoms with Gasteiger partial charge in [-0.2, -0.15) is 0 Å². The lowest BCUT2D eigenvalue weighted by molar-refractivity contribution is -0.137. The molecule has 2 saturated heterocycles. The Labute approximate surface area is 111 Å². The molecule has 4 heteroatoms. The van der Waals surface area contributed by atoms with E-state index in [9.17, 15) is 4.79 Å². The van der Waals surface area contributed by atoms with Gasteiger partial charge < -0.3 is 15.1 Å². The molecule has 0 aromatic heterocycles. The Morgan fingerprint density at radius 2 is 2.00 bits per heavy atom. The predicted octanol–water partition coefficient (Wildman–Crippen LogP) is 0.786. The van der Waals surface area contributed by atoms with Gasteiger partial charge in [0.25, 0.3) is 0 Å². The first-order valence-corrected chi connectivity index (χ1v) is 7.31. The van der Waals surface area contributed by atoms with Crippen molar-refractivity contribution in [3.8, 4) is 0 Å². The van der Waals surface area contributed by atoms with Crippen LogP contribution >= 0.6 is 0 Å². The Kier molecular flexibility index (Phi) is 5.01. The van der Waals surface area contributed by atoms with Crippen LogP contribution in [0.2, 0.25) is 0 Å². The van der Waals surface area contributed by atoms with Gasteiger partial charge in [0.15, 0.2) is 0 Å². The zero-order chi connectivity index (χ0) is 13.0. The number of nitrogens with zero attached hydrogens (tertiary/aromatic N) is 2. The first-order valence-electron chi connectivity index (χ1n) is 7.31. The van der Waals surface area contributed by atoms with Gasteiger partial charge in [0.1, 0.15) is 0 Å². The van der Waals surface area contributed by atoms with Gasteiger partial charge in [-0.1, -0.05) is 0 Å². The number of nitrogens with one attached hydrogen (secondary N) is 1. The van der Waals surface area contributed by atoms with E-state index in [0.717, 1.165) is 51.5 Å². The molecule has 0 saturated carbocycles. The van der Waals surface area contributed by atoms with Crippen LogP contribution in [0.3, 0.4) is 0 Å². The summed E-state index contributed by atoms with van der Waals surface area (Å²) in [5.41, 5.74) is 0. The van der Waals surface area contributed by atoms with Gasteiger partial charge in [-0.25, -0.2) is 0 Å². The van der Waals surface area contributed by atoms with E-state index < -0.39 is 0 Å². The topological polar surface area (TPSA) is 35.6 Å². The van der Waals surface area contributed by atoms with Crippen molar-refractivity contribution in [2.24, 2.45) is 11.8 Å². The van der Waals surface area contributed by atoms with E-state index in [1.165, 1.54) is 12.8 Å². The highest BCUT2D eigenvalue weighted by atomic mass is 16.2. The lowest BCUT2D eigenvalue weighted by atomic mass is 9.93. The Hall–Kier alpha value is -0.610. The summed E-state index contributed by atoms with van der Waals surface area (Å²) < 4.78 is 0. The molecule has 1 amide bonds. The molecule has 0 spiro atoms. The third-order valence-corrected chi connectivity index (χ3v) is 4.20. The summed E-state index contributed by atoms with van der Waals surface area (Å²) in [6.45, 7) is 5.06. The number of carbonyl (C=O) groups excluding carboxylic acids is 1. The second kappa shape index (κ2) is 6.53. The number of amides is 1. The molecule has 104 valence electrons. The van der Waals surface area contributed by atoms with Crippen LogP contribution < -0.4 is 5.32 Å². The second-order valence-electron chi connectivity index (χ2n) is 6.07. The maximum absolute atomic E-state index is 12.4. The van der Waals surface area contributed by atoms with Crippen molar-refractivity contribution in [3.63, 3.8) is 0 Å². The molecule has 1 N–H and O–H groups in total. The van der Waals surface area contributed by atoms with Crippen molar-refractivity contribution >= 4 is 5.91 Å². The van der Waals surface area contributed by atoms with Crippen LogP contribution in [0.1, 0.15) is 25.7 Å². The monoisotopic (exact) mass is 253 g/mol. The number of hydrogen-bond donors (Lipinski definition) is 1. The van der Waals surface area contributed by atoms with Crippen LogP contribution in [0.25, 0.3) is 0 Å². The van der Waals surface area contributed by atoms with Crippen LogP contribution in [-0.4, -0.2) is 62.5 Å². The van der Waals surface area contributed by atoms with Crippen molar-refractivity contribution in [2.75, 3.05) is 46.8 Å². The SMILES string of the molecule is CN(C)CC1CCN(C(=O)[C@H]2CCCNC2)CC1. The largest absolute Gasteiger partial charge is 0.342 e. The summed E-state index contributed by atoms with van der Waals surface area (Å²) in [5, 5.41) is 3.34. The molecular weight excluding hydrogens is 226 g/mol. The standard InChI is InChI=1S/C14H27N3O/c1-16(2)11-12-5-8-17(9-6-12)14(18)13-4-3-7-15-10-13/h12-13,15H,3-11H2,1-2H3/t13-/m0/s1. The minimum absolute atomic E-state index is 0.240. The summed E-state index contributed by atoms with van der Waals surface area (Å²) in [7, 11) is 4.26. The quantitative estimate of drug-likeness (QED) is 0.807. The lowest BCUT2D eigenvalue weighted by Gasteiger charge is -2.36. The maximum atomic E-state index is 12.4. The average Bonchev–Trinajstić information content (AvgIpc) is 2.39. The minimum atomic E-state index is 0.240. The molecule has 2 rings (SSSR count). The summed E-state index contributed by atoms with van der Waals surface area (Å²) in [6, 6.07) is 0. The molecular formula is C14H27N3O. The number of likely N-dealkylation sites (tertiary alicyclic amines) is 1. The number of carbonyl (C=O) groups is 1. The van der Waals surface area contributed by atoms with E-state index in [0.29, 0.717) is 5.91 Å². The summed E-state index contributed by atoms with van der Waals surface area (Å²) in [5.74, 6) is 1.41. The fraction of sp³-hybridized carbons (Fsp3) is 0.929. The van der Waals surface area contributed by atoms with E-state index in [2.05, 4.69) is 29.2 Å². The minimum Gasteiger partial charge on any atom is -0.342 e. The summed E-state index contributed by atoms with van der Waals surface area (Å²) in [6.07, 6.45) is 4.56. The van der Waals surface area contributed by atoms with Gasteiger partial charge >= 0.3 is 0 Å². The van der Waals surface area contributed by atoms with Gasteiger partial charge in [-0.3, -0.25) is 4.79 Å². The van der Waals surface area contributed by atoms with E-state index in [4.69, 9.17) is 0 Å². The van der Waals surface area contributed by atoms with E-state index in [1.807, 2.05) is 0 Å². The first kappa shape index (κ1) is 13.8. The maximum Gasteiger partial charge on any atom is 0.226 e. The molecule has 18 heavy (non-hydrogen) atoms. The first-order chi connectivity index (χ1) is 8.66. The fourth-order valence-electron chi connectivity index (χ4n) is 3.17. The van der Waals surface area contributed by atoms with Crippen molar-refractivity contribution in [1.29, 1.82) is 0 Å². The molecule has 0 aromatic rings. The molecule has 0 bridgehead atoms. The van der Waals surface area contributed by atoms with Crippen LogP contribution in [0, 0.1) is 11.8 Å². The molecule has 0 unspecified atom stereocenters. The smallest absolute Gasteiger partial charge is 0.226 e. The van der Waals surface area contributed by atoms with Crippen molar-refractivity contribution in [1.82, 2.24) is 15.1 Å². The number of piperidine rings is 2. The predicted molar refractivity (Wildman–Crippen MR) is 73.5 cm³/mol. The van der Waals surface area contributed by atoms with Gasteiger partial charge in [-0.05, 0) is 52.2 Å². The molecule has 2 aliphatic heterocycles. The average molecular weight is 253 g/mol. The third-order valence-electron chi connectivity index (χ3n) is 4.20. The zero-order valence-electron chi connectivity index (χ0n) is 11.8. The fourth-order valence-corrected chi connectivity index (χ4v) is 3.17. The molecule has 2 aliphatic rings. The van der Waals surface area contributed by atoms with Crippen LogP contribution in [0.4, 0.5) is 0 Å². The molecule has 1 atom stereocenters. The Balaban J connectivity index is 1.76. The van der Waals surface area contributed by atoms with Crippen molar-refractivity contribution in [3.05, 3.63) is 0 Å². The van der Waals surface area contributed by atoms with E-state index in [1.54, 1.807) is 0 Å². The molecule has 0 aromatic carbocycles. The van der Waals surface area contributed by atoms with Crippen molar-refractivity contribution in [2.45, 2.75) is 25.7 Å². The van der Waals surface area contributed by atoms with Crippen LogP contribution in [0.5, 0.6) is 0 Å². The summed E-state index contributed by atoms with van der Waals surface area (Å²) in [4.78, 5) is 16.7. The Morgan fingerprint density at radius 1 is 1.28 bits per heavy atom. The number of hydrogen-bond acceptors (Lipinski definition) is 3. The van der Waals surface area contributed by atoms with Gasteiger partial charge in [0.2, 0.25) is 5.91 Å². The lowest BCUT2D eigenvalue weighted by Crippen LogP contribution is -2.46. The molecule has 2 fully saturated rings. The highest BCUT2D eigenvalue weighted by Gasteiger charge is 2.29. The van der Waals surface area contributed by atoms with Crippen LogP contribution in [-0.2, 0) is 4.79 Å². The van der Waals surface area contributed by atoms with Gasteiger partial charge in [0.05, 0.1) is 5.92 Å². The van der Waals surface area contributed by atoms with Crippen LogP contribution in [0.15, 0.2) is 0 Å². The second-order valence-corrected chi connectivity index (χ2v) is 6.07.